The first-order chi connectivity index (χ1) is 13.5. The van der Waals surface area contributed by atoms with Crippen LogP contribution in [0.4, 0.5) is 5.69 Å². The highest BCUT2D eigenvalue weighted by atomic mass is 32.1. The van der Waals surface area contributed by atoms with Crippen LogP contribution in [-0.2, 0) is 4.79 Å². The van der Waals surface area contributed by atoms with E-state index >= 15 is 0 Å². The Morgan fingerprint density at radius 3 is 2.50 bits per heavy atom. The van der Waals surface area contributed by atoms with Gasteiger partial charge in [0.25, 0.3) is 0 Å². The van der Waals surface area contributed by atoms with Gasteiger partial charge in [-0.05, 0) is 63.0 Å². The summed E-state index contributed by atoms with van der Waals surface area (Å²) in [5, 5.41) is 3.22. The van der Waals surface area contributed by atoms with Crippen LogP contribution in [0, 0.1) is 11.3 Å². The number of carbonyl (C=O) groups excluding carboxylic acids is 1. The molecule has 1 fully saturated rings. The molecule has 1 amide bonds. The first kappa shape index (κ1) is 23.1. The third kappa shape index (κ3) is 6.40. The molecule has 2 rings (SSSR count). The summed E-state index contributed by atoms with van der Waals surface area (Å²) in [5.41, 5.74) is 2.20. The molecule has 2 nitrogen and oxygen atoms in total. The minimum absolute atomic E-state index is 0.212. The number of nitrogens with one attached hydrogen (secondary N) is 1. The lowest BCUT2D eigenvalue weighted by Crippen LogP contribution is -2.39. The van der Waals surface area contributed by atoms with Gasteiger partial charge in [0, 0.05) is 10.3 Å². The lowest BCUT2D eigenvalue weighted by Gasteiger charge is -2.38. The summed E-state index contributed by atoms with van der Waals surface area (Å²) >= 11 is 4.52. The van der Waals surface area contributed by atoms with Crippen LogP contribution in [0.1, 0.15) is 91.4 Å². The van der Waals surface area contributed by atoms with Crippen LogP contribution < -0.4 is 5.32 Å². The summed E-state index contributed by atoms with van der Waals surface area (Å²) in [6.45, 7) is 6.76. The molecule has 3 heteroatoms. The summed E-state index contributed by atoms with van der Waals surface area (Å²) in [6.07, 6.45) is 14.9. The van der Waals surface area contributed by atoms with E-state index in [0.29, 0.717) is 5.92 Å². The number of thiol groups is 1. The highest BCUT2D eigenvalue weighted by Gasteiger charge is 2.40. The molecule has 156 valence electrons. The molecular formula is C25H39NOS. The molecule has 0 aliphatic heterocycles. The molecule has 1 aromatic carbocycles. The van der Waals surface area contributed by atoms with Crippen molar-refractivity contribution in [3.63, 3.8) is 0 Å². The Hall–Kier alpha value is -1.22. The first-order valence-electron chi connectivity index (χ1n) is 11.3. The molecule has 0 saturated heterocycles. The normalized spacial score (nSPS) is 17.9. The van der Waals surface area contributed by atoms with Crippen LogP contribution in [0.5, 0.6) is 0 Å². The maximum Gasteiger partial charge on any atom is 0.230 e. The van der Waals surface area contributed by atoms with Crippen LogP contribution in [0.25, 0.3) is 0 Å². The van der Waals surface area contributed by atoms with Crippen molar-refractivity contribution in [1.82, 2.24) is 0 Å². The molecule has 1 aliphatic carbocycles. The van der Waals surface area contributed by atoms with Gasteiger partial charge in [-0.1, -0.05) is 70.2 Å². The van der Waals surface area contributed by atoms with E-state index in [-0.39, 0.29) is 11.3 Å². The minimum Gasteiger partial charge on any atom is -0.325 e. The lowest BCUT2D eigenvalue weighted by molar-refractivity contribution is -0.128. The Balaban J connectivity index is 2.11. The summed E-state index contributed by atoms with van der Waals surface area (Å²) in [5.74, 6) is 0.828. The predicted molar refractivity (Wildman–Crippen MR) is 124 cm³/mol. The van der Waals surface area contributed by atoms with E-state index in [1.54, 1.807) is 5.57 Å². The van der Waals surface area contributed by atoms with Crippen molar-refractivity contribution >= 4 is 24.2 Å². The molecule has 0 spiro atoms. The van der Waals surface area contributed by atoms with Gasteiger partial charge in [-0.3, -0.25) is 4.79 Å². The van der Waals surface area contributed by atoms with Gasteiger partial charge in [0.1, 0.15) is 0 Å². The van der Waals surface area contributed by atoms with Gasteiger partial charge in [-0.2, -0.15) is 0 Å². The zero-order valence-corrected chi connectivity index (χ0v) is 19.0. The molecule has 0 bridgehead atoms. The number of hydrogen-bond acceptors (Lipinski definition) is 2. The van der Waals surface area contributed by atoms with Crippen LogP contribution in [-0.4, -0.2) is 5.91 Å². The maximum absolute atomic E-state index is 13.4. The van der Waals surface area contributed by atoms with Crippen LogP contribution in [0.15, 0.2) is 40.8 Å². The second-order valence-electron chi connectivity index (χ2n) is 8.45. The largest absolute Gasteiger partial charge is 0.325 e. The molecule has 1 saturated carbocycles. The van der Waals surface area contributed by atoms with Crippen molar-refractivity contribution in [2.75, 3.05) is 5.32 Å². The Kier molecular flexibility index (Phi) is 9.64. The summed E-state index contributed by atoms with van der Waals surface area (Å²) in [7, 11) is 0. The second-order valence-corrected chi connectivity index (χ2v) is 8.94. The Labute approximate surface area is 178 Å². The van der Waals surface area contributed by atoms with Crippen molar-refractivity contribution in [3.8, 4) is 0 Å². The third-order valence-corrected chi connectivity index (χ3v) is 6.91. The van der Waals surface area contributed by atoms with E-state index in [1.807, 2.05) is 24.3 Å². The van der Waals surface area contributed by atoms with E-state index in [2.05, 4.69) is 44.8 Å². The smallest absolute Gasteiger partial charge is 0.230 e. The van der Waals surface area contributed by atoms with Crippen molar-refractivity contribution < 1.29 is 4.79 Å². The van der Waals surface area contributed by atoms with Gasteiger partial charge >= 0.3 is 0 Å². The van der Waals surface area contributed by atoms with Crippen LogP contribution in [0.2, 0.25) is 0 Å². The number of hydrogen-bond donors (Lipinski definition) is 2. The SMILES string of the molecule is CC/C=C(/CC)CCC(CC)CC1(C(=O)Nc2ccccc2S)CCCCC1. The van der Waals surface area contributed by atoms with E-state index in [4.69, 9.17) is 0 Å². The monoisotopic (exact) mass is 401 g/mol. The Bertz CT molecular complexity index is 646. The number of rotatable bonds is 10. The van der Waals surface area contributed by atoms with Crippen LogP contribution in [0.3, 0.4) is 0 Å². The Morgan fingerprint density at radius 1 is 1.18 bits per heavy atom. The minimum atomic E-state index is -0.212. The zero-order chi connectivity index (χ0) is 20.4. The number of anilines is 1. The van der Waals surface area contributed by atoms with E-state index < -0.39 is 0 Å². The van der Waals surface area contributed by atoms with Gasteiger partial charge in [-0.25, -0.2) is 0 Å². The fourth-order valence-corrected chi connectivity index (χ4v) is 4.91. The fraction of sp³-hybridized carbons (Fsp3) is 0.640. The van der Waals surface area contributed by atoms with Gasteiger partial charge < -0.3 is 5.32 Å². The number of carbonyl (C=O) groups is 1. The van der Waals surface area contributed by atoms with Gasteiger partial charge in [0.15, 0.2) is 0 Å². The number of amides is 1. The maximum atomic E-state index is 13.4. The molecular weight excluding hydrogens is 362 g/mol. The molecule has 1 aromatic rings. The number of allylic oxidation sites excluding steroid dienone is 2. The Morgan fingerprint density at radius 2 is 1.89 bits per heavy atom. The molecule has 28 heavy (non-hydrogen) atoms. The topological polar surface area (TPSA) is 29.1 Å². The van der Waals surface area contributed by atoms with Gasteiger partial charge in [-0.15, -0.1) is 12.6 Å². The van der Waals surface area contributed by atoms with E-state index in [9.17, 15) is 4.79 Å². The number of benzene rings is 1. The van der Waals surface area contributed by atoms with Gasteiger partial charge in [0.05, 0.1) is 5.69 Å². The fourth-order valence-electron chi connectivity index (χ4n) is 4.69. The van der Waals surface area contributed by atoms with Gasteiger partial charge in [0.2, 0.25) is 5.91 Å². The number of para-hydroxylation sites is 1. The van der Waals surface area contributed by atoms with E-state index in [1.165, 1.54) is 32.1 Å². The molecule has 0 radical (unpaired) electrons. The summed E-state index contributed by atoms with van der Waals surface area (Å²) in [4.78, 5) is 14.3. The highest BCUT2D eigenvalue weighted by Crippen LogP contribution is 2.44. The second kappa shape index (κ2) is 11.7. The van der Waals surface area contributed by atoms with Crippen LogP contribution >= 0.6 is 12.6 Å². The first-order valence-corrected chi connectivity index (χ1v) is 11.8. The quantitative estimate of drug-likeness (QED) is 0.304. The average Bonchev–Trinajstić information content (AvgIpc) is 2.72. The molecule has 0 aromatic heterocycles. The molecule has 1 unspecified atom stereocenters. The third-order valence-electron chi connectivity index (χ3n) is 6.52. The standard InChI is InChI=1S/C25H39NOS/c1-4-12-20(5-2)15-16-21(6-3)19-25(17-10-7-11-18-25)24(27)26-22-13-8-9-14-23(22)28/h8-9,12-14,21,28H,4-7,10-11,15-19H2,1-3H3,(H,26,27)/b20-12-. The van der Waals surface area contributed by atoms with E-state index in [0.717, 1.165) is 49.1 Å². The molecule has 0 heterocycles. The molecule has 1 aliphatic rings. The lowest BCUT2D eigenvalue weighted by atomic mass is 9.67. The molecule has 1 N–H and O–H groups in total. The summed E-state index contributed by atoms with van der Waals surface area (Å²) < 4.78 is 0. The average molecular weight is 402 g/mol. The molecule has 1 atom stereocenters. The van der Waals surface area contributed by atoms with Crippen molar-refractivity contribution in [2.45, 2.75) is 96.3 Å². The highest BCUT2D eigenvalue weighted by molar-refractivity contribution is 7.80. The summed E-state index contributed by atoms with van der Waals surface area (Å²) in [6, 6.07) is 7.81. The van der Waals surface area contributed by atoms with Crippen molar-refractivity contribution in [1.29, 1.82) is 0 Å². The van der Waals surface area contributed by atoms with Crippen molar-refractivity contribution in [3.05, 3.63) is 35.9 Å². The van der Waals surface area contributed by atoms with Crippen molar-refractivity contribution in [2.24, 2.45) is 11.3 Å². The predicted octanol–water partition coefficient (Wildman–Crippen LogP) is 7.81. The zero-order valence-electron chi connectivity index (χ0n) is 18.1.